The lowest BCUT2D eigenvalue weighted by Gasteiger charge is -2.40. The molecule has 2 amide bonds. The van der Waals surface area contributed by atoms with Crippen molar-refractivity contribution in [2.75, 3.05) is 74.8 Å². The number of guanidine groups is 1. The summed E-state index contributed by atoms with van der Waals surface area (Å²) in [5.41, 5.74) is 0.178. The van der Waals surface area contributed by atoms with E-state index in [-0.39, 0.29) is 48.3 Å². The molecule has 55 heavy (non-hydrogen) atoms. The summed E-state index contributed by atoms with van der Waals surface area (Å²) >= 11 is 0. The maximum absolute atomic E-state index is 14.4. The summed E-state index contributed by atoms with van der Waals surface area (Å²) < 4.78 is 25.0. The molecule has 2 fully saturated rings. The Morgan fingerprint density at radius 2 is 1.64 bits per heavy atom. The molecule has 2 saturated heterocycles. The second kappa shape index (κ2) is 21.6. The number of hydrogen-bond acceptors (Lipinski definition) is 8. The Morgan fingerprint density at radius 3 is 2.16 bits per heavy atom. The molecule has 2 N–H and O–H groups in total. The predicted octanol–water partition coefficient (Wildman–Crippen LogP) is 4.22. The molecule has 2 aliphatic rings. The Balaban J connectivity index is 1.81. The number of rotatable bonds is 19. The molecule has 13 nitrogen and oxygen atoms in total. The molecule has 0 aromatic heterocycles. The molecule has 0 bridgehead atoms. The third-order valence-corrected chi connectivity index (χ3v) is 13.4. The molecule has 0 aliphatic carbocycles. The lowest BCUT2D eigenvalue weighted by molar-refractivity contribution is -0.146. The van der Waals surface area contributed by atoms with Crippen LogP contribution in [0.4, 0.5) is 0 Å². The van der Waals surface area contributed by atoms with Crippen molar-refractivity contribution in [3.05, 3.63) is 35.9 Å². The fourth-order valence-electron chi connectivity index (χ4n) is 8.22. The number of piperazine rings is 1. The van der Waals surface area contributed by atoms with Gasteiger partial charge in [0, 0.05) is 92.7 Å². The smallest absolute Gasteiger partial charge is 0.247 e. The maximum Gasteiger partial charge on any atom is 0.247 e. The topological polar surface area (TPSA) is 144 Å². The van der Waals surface area contributed by atoms with E-state index < -0.39 is 43.2 Å². The first-order valence-electron chi connectivity index (χ1n) is 20.2. The second-order valence-electron chi connectivity index (χ2n) is 16.3. The first kappa shape index (κ1) is 46.6. The molecule has 2 aliphatic heterocycles. The van der Waals surface area contributed by atoms with Crippen LogP contribution < -0.4 is 5.32 Å². The first-order chi connectivity index (χ1) is 26.0. The Morgan fingerprint density at radius 1 is 1.00 bits per heavy atom. The van der Waals surface area contributed by atoms with E-state index in [9.17, 15) is 23.8 Å². The number of carbonyl (C=O) groups is 3. The zero-order chi connectivity index (χ0) is 41.0. The van der Waals surface area contributed by atoms with Gasteiger partial charge in [0.2, 0.25) is 19.2 Å². The van der Waals surface area contributed by atoms with Gasteiger partial charge in [-0.05, 0) is 36.7 Å². The van der Waals surface area contributed by atoms with Crippen molar-refractivity contribution in [3.8, 4) is 0 Å². The van der Waals surface area contributed by atoms with Crippen molar-refractivity contribution in [1.29, 1.82) is 0 Å². The molecular formula is C41H71N6O7P. The highest BCUT2D eigenvalue weighted by Gasteiger charge is 2.43. The van der Waals surface area contributed by atoms with Crippen LogP contribution in [0, 0.1) is 17.8 Å². The van der Waals surface area contributed by atoms with Crippen LogP contribution in [0.1, 0.15) is 72.3 Å². The van der Waals surface area contributed by atoms with E-state index in [2.05, 4.69) is 24.1 Å². The molecule has 3 rings (SSSR count). The van der Waals surface area contributed by atoms with E-state index in [0.29, 0.717) is 19.4 Å². The second-order valence-corrected chi connectivity index (χ2v) is 18.9. The summed E-state index contributed by atoms with van der Waals surface area (Å²) in [4.78, 5) is 66.0. The zero-order valence-electron chi connectivity index (χ0n) is 35.4. The minimum absolute atomic E-state index is 0.0219. The number of likely N-dealkylation sites (tertiary alicyclic amines) is 1. The van der Waals surface area contributed by atoms with Crippen molar-refractivity contribution in [2.45, 2.75) is 109 Å². The lowest BCUT2D eigenvalue weighted by Crippen LogP contribution is -2.55. The number of nitrogens with one attached hydrogen (secondary N) is 1. The number of ether oxygens (including phenoxy) is 2. The number of benzene rings is 1. The summed E-state index contributed by atoms with van der Waals surface area (Å²) in [6.45, 7) is 15.1. The van der Waals surface area contributed by atoms with E-state index in [1.54, 1.807) is 33.1 Å². The molecule has 1 aromatic carbocycles. The number of ketones is 1. The SMILES string of the molecule is CC[C@H](C)[C@@H]([C@@H](CC(=O)N1CCC[C@H]1[C@H](OC)[C@@H](C)C(=O)C[C@@H](Cc1ccccc1)P(C)(=O)O)OC)N(C)C(=O)[C@@H](N=C(N(C)C)N1CCNCC1)C(C)C. The highest BCUT2D eigenvalue weighted by Crippen LogP contribution is 2.46. The maximum atomic E-state index is 14.4. The van der Waals surface area contributed by atoms with Gasteiger partial charge in [-0.25, -0.2) is 4.99 Å². The number of amides is 2. The van der Waals surface area contributed by atoms with Gasteiger partial charge < -0.3 is 39.3 Å². The van der Waals surface area contributed by atoms with E-state index in [0.717, 1.165) is 50.5 Å². The molecule has 2 heterocycles. The van der Waals surface area contributed by atoms with Gasteiger partial charge in [-0.1, -0.05) is 71.4 Å². The van der Waals surface area contributed by atoms with Crippen LogP contribution in [0.3, 0.4) is 0 Å². The van der Waals surface area contributed by atoms with Gasteiger partial charge in [0.05, 0.1) is 30.7 Å². The third-order valence-electron chi connectivity index (χ3n) is 11.7. The molecule has 0 spiro atoms. The van der Waals surface area contributed by atoms with Gasteiger partial charge in [-0.2, -0.15) is 0 Å². The van der Waals surface area contributed by atoms with E-state index >= 15 is 0 Å². The monoisotopic (exact) mass is 791 g/mol. The number of hydrogen-bond donors (Lipinski definition) is 2. The van der Waals surface area contributed by atoms with E-state index in [4.69, 9.17) is 14.5 Å². The third kappa shape index (κ3) is 12.6. The van der Waals surface area contributed by atoms with Crippen LogP contribution in [0.15, 0.2) is 35.3 Å². The molecule has 9 atom stereocenters. The van der Waals surface area contributed by atoms with Crippen molar-refractivity contribution < 1.29 is 33.3 Å². The van der Waals surface area contributed by atoms with E-state index in [1.807, 2.05) is 68.1 Å². The van der Waals surface area contributed by atoms with Gasteiger partial charge in [-0.15, -0.1) is 0 Å². The van der Waals surface area contributed by atoms with Crippen molar-refractivity contribution in [1.82, 2.24) is 24.9 Å². The number of nitrogens with zero attached hydrogens (tertiary/aromatic N) is 5. The average molecular weight is 791 g/mol. The van der Waals surface area contributed by atoms with Crippen LogP contribution in [0.25, 0.3) is 0 Å². The van der Waals surface area contributed by atoms with Gasteiger partial charge in [0.15, 0.2) is 5.96 Å². The van der Waals surface area contributed by atoms with Crippen molar-refractivity contribution in [2.24, 2.45) is 22.7 Å². The summed E-state index contributed by atoms with van der Waals surface area (Å²) in [5.74, 6) is -0.255. The van der Waals surface area contributed by atoms with Gasteiger partial charge in [0.1, 0.15) is 11.8 Å². The molecule has 1 unspecified atom stereocenters. The molecule has 0 saturated carbocycles. The average Bonchev–Trinajstić information content (AvgIpc) is 3.64. The number of methoxy groups -OCH3 is 2. The van der Waals surface area contributed by atoms with Gasteiger partial charge >= 0.3 is 0 Å². The Labute approximate surface area is 331 Å². The minimum Gasteiger partial charge on any atom is -0.379 e. The van der Waals surface area contributed by atoms with Crippen LogP contribution in [-0.2, 0) is 34.8 Å². The number of Topliss-reactive ketones (excluding diaryl/α,β-unsaturated/α-hetero) is 1. The standard InChI is InChI=1S/C41H71N6O7P/c1-12-29(4)38(45(8)40(50)37(28(2)3)43-41(44(6)7)46-23-20-42-21-24-46)35(53-9)27-36(49)47-22-16-19-33(47)39(54-10)30(5)34(48)26-32(55(11,51)52)25-31-17-14-13-15-18-31/h13-15,17-18,28-30,32-33,35,37-39,42H,12,16,19-27H2,1-11H3,(H,51,52)/t29-,30-,32+,33-,35+,37-,38-,39+/m0/s1. The Bertz CT molecular complexity index is 1450. The fraction of sp³-hybridized carbons (Fsp3) is 0.756. The van der Waals surface area contributed by atoms with Crippen LogP contribution in [0.2, 0.25) is 0 Å². The van der Waals surface area contributed by atoms with Crippen LogP contribution in [0.5, 0.6) is 0 Å². The molecule has 14 heteroatoms. The normalized spacial score (nSPS) is 21.6. The van der Waals surface area contributed by atoms with Gasteiger partial charge in [0.25, 0.3) is 0 Å². The highest BCUT2D eigenvalue weighted by atomic mass is 31.2. The summed E-state index contributed by atoms with van der Waals surface area (Å²) in [7, 11) is 5.28. The molecule has 1 aromatic rings. The molecule has 0 radical (unpaired) electrons. The molecule has 312 valence electrons. The summed E-state index contributed by atoms with van der Waals surface area (Å²) in [6, 6.07) is 8.08. The summed E-state index contributed by atoms with van der Waals surface area (Å²) in [5, 5.41) is 3.38. The minimum atomic E-state index is -3.59. The Kier molecular flexibility index (Phi) is 18.3. The van der Waals surface area contributed by atoms with E-state index in [1.165, 1.54) is 6.66 Å². The highest BCUT2D eigenvalue weighted by molar-refractivity contribution is 7.58. The Hall–Kier alpha value is -2.83. The zero-order valence-corrected chi connectivity index (χ0v) is 36.3. The molecular weight excluding hydrogens is 719 g/mol. The quantitative estimate of drug-likeness (QED) is 0.119. The number of carbonyl (C=O) groups excluding carboxylic acids is 3. The fourth-order valence-corrected chi connectivity index (χ4v) is 9.29. The number of likely N-dealkylation sites (N-methyl/N-ethyl adjacent to an activating group) is 1. The van der Waals surface area contributed by atoms with Crippen molar-refractivity contribution >= 4 is 30.9 Å². The van der Waals surface area contributed by atoms with Crippen LogP contribution in [-0.4, -0.2) is 159 Å². The van der Waals surface area contributed by atoms with Crippen LogP contribution >= 0.6 is 7.37 Å². The lowest BCUT2D eigenvalue weighted by atomic mass is 9.88. The predicted molar refractivity (Wildman–Crippen MR) is 220 cm³/mol. The summed E-state index contributed by atoms with van der Waals surface area (Å²) in [6.07, 6.45) is 1.34. The number of aliphatic imine (C=N–C) groups is 1. The van der Waals surface area contributed by atoms with Crippen molar-refractivity contribution in [3.63, 3.8) is 0 Å². The first-order valence-corrected chi connectivity index (χ1v) is 22.3. The largest absolute Gasteiger partial charge is 0.379 e. The van der Waals surface area contributed by atoms with Gasteiger partial charge in [-0.3, -0.25) is 18.9 Å².